The summed E-state index contributed by atoms with van der Waals surface area (Å²) >= 11 is 0. The highest BCUT2D eigenvalue weighted by atomic mass is 16.5. The minimum absolute atomic E-state index is 0.270. The molecule has 1 N–H and O–H groups in total. The van der Waals surface area contributed by atoms with Crippen LogP contribution in [0.5, 0.6) is 17.2 Å². The third-order valence-electron chi connectivity index (χ3n) is 5.52. The van der Waals surface area contributed by atoms with Crippen LogP contribution in [-0.4, -0.2) is 54.9 Å². The first-order valence-electron chi connectivity index (χ1n) is 9.70. The molecule has 0 radical (unpaired) electrons. The van der Waals surface area contributed by atoms with Crippen molar-refractivity contribution in [1.82, 2.24) is 9.88 Å². The molecule has 0 saturated carbocycles. The summed E-state index contributed by atoms with van der Waals surface area (Å²) in [5, 5.41) is 9.88. The minimum Gasteiger partial charge on any atom is -0.493 e. The maximum Gasteiger partial charge on any atom is 0.320 e. The Labute approximate surface area is 171 Å². The van der Waals surface area contributed by atoms with Crippen molar-refractivity contribution in [3.63, 3.8) is 0 Å². The van der Waals surface area contributed by atoms with Crippen molar-refractivity contribution in [3.05, 3.63) is 47.3 Å². The first-order valence-corrected chi connectivity index (χ1v) is 9.70. The fraction of sp³-hybridized carbons (Fsp3) is 0.455. The standard InChI is InChI=1S/C22H28N2O5/c1-14-13-23-9-8-16(14)20(24-10-6-5-7-17(24)22(25)26)15-11-18(27-2)21(29-4)19(12-15)28-3/h8-9,11-13,17,20H,5-7,10H2,1-4H3,(H,25,26). The van der Waals surface area contributed by atoms with Crippen LogP contribution in [0.1, 0.15) is 42.0 Å². The monoisotopic (exact) mass is 400 g/mol. The lowest BCUT2D eigenvalue weighted by molar-refractivity contribution is -0.145. The molecule has 1 aliphatic rings. The fourth-order valence-corrected chi connectivity index (χ4v) is 4.13. The fourth-order valence-electron chi connectivity index (χ4n) is 4.13. The Morgan fingerprint density at radius 1 is 1.17 bits per heavy atom. The average molecular weight is 400 g/mol. The Kier molecular flexibility index (Phi) is 6.59. The van der Waals surface area contributed by atoms with E-state index in [0.717, 1.165) is 29.5 Å². The van der Waals surface area contributed by atoms with E-state index >= 15 is 0 Å². The Morgan fingerprint density at radius 2 is 1.86 bits per heavy atom. The number of hydrogen-bond donors (Lipinski definition) is 1. The van der Waals surface area contributed by atoms with Crippen molar-refractivity contribution in [2.24, 2.45) is 0 Å². The number of aliphatic carboxylic acids is 1. The van der Waals surface area contributed by atoms with Gasteiger partial charge in [-0.2, -0.15) is 0 Å². The number of methoxy groups -OCH3 is 3. The van der Waals surface area contributed by atoms with E-state index in [0.29, 0.717) is 30.2 Å². The molecule has 2 unspecified atom stereocenters. The molecule has 1 aromatic heterocycles. The summed E-state index contributed by atoms with van der Waals surface area (Å²) in [6.45, 7) is 2.69. The van der Waals surface area contributed by atoms with Crippen LogP contribution >= 0.6 is 0 Å². The van der Waals surface area contributed by atoms with E-state index < -0.39 is 12.0 Å². The minimum atomic E-state index is -0.797. The van der Waals surface area contributed by atoms with Crippen molar-refractivity contribution in [2.45, 2.75) is 38.3 Å². The number of nitrogens with zero attached hydrogens (tertiary/aromatic N) is 2. The van der Waals surface area contributed by atoms with Gasteiger partial charge in [0.1, 0.15) is 6.04 Å². The van der Waals surface area contributed by atoms with Gasteiger partial charge in [0, 0.05) is 12.4 Å². The molecule has 1 fully saturated rings. The van der Waals surface area contributed by atoms with Crippen LogP contribution in [0.15, 0.2) is 30.6 Å². The van der Waals surface area contributed by atoms with Gasteiger partial charge in [-0.3, -0.25) is 14.7 Å². The van der Waals surface area contributed by atoms with Crippen molar-refractivity contribution in [3.8, 4) is 17.2 Å². The first kappa shape index (κ1) is 20.9. The molecule has 1 aliphatic heterocycles. The quantitative estimate of drug-likeness (QED) is 0.762. The molecule has 2 aromatic rings. The summed E-state index contributed by atoms with van der Waals surface area (Å²) in [7, 11) is 4.72. The zero-order valence-electron chi connectivity index (χ0n) is 17.3. The van der Waals surface area contributed by atoms with Crippen molar-refractivity contribution >= 4 is 5.97 Å². The summed E-state index contributed by atoms with van der Waals surface area (Å²) in [5.74, 6) is 0.802. The van der Waals surface area contributed by atoms with Crippen LogP contribution < -0.4 is 14.2 Å². The van der Waals surface area contributed by atoms with Gasteiger partial charge in [-0.25, -0.2) is 0 Å². The molecule has 7 heteroatoms. The highest BCUT2D eigenvalue weighted by molar-refractivity contribution is 5.74. The number of piperidine rings is 1. The summed E-state index contributed by atoms with van der Waals surface area (Å²) in [5.41, 5.74) is 2.91. The van der Waals surface area contributed by atoms with Gasteiger partial charge in [0.2, 0.25) is 5.75 Å². The topological polar surface area (TPSA) is 81.1 Å². The largest absolute Gasteiger partial charge is 0.493 e. The van der Waals surface area contributed by atoms with Crippen LogP contribution in [0, 0.1) is 6.92 Å². The summed E-state index contributed by atoms with van der Waals surface area (Å²) in [6, 6.07) is 4.93. The maximum atomic E-state index is 12.0. The molecule has 0 aliphatic carbocycles. The van der Waals surface area contributed by atoms with E-state index in [1.54, 1.807) is 33.7 Å². The Morgan fingerprint density at radius 3 is 2.41 bits per heavy atom. The number of aromatic nitrogens is 1. The van der Waals surface area contributed by atoms with Crippen LogP contribution in [-0.2, 0) is 4.79 Å². The molecule has 0 spiro atoms. The SMILES string of the molecule is COc1cc(C(c2ccncc2C)N2CCCCC2C(=O)O)cc(OC)c1OC. The lowest BCUT2D eigenvalue weighted by Gasteiger charge is -2.40. The molecule has 1 aromatic carbocycles. The molecular weight excluding hydrogens is 372 g/mol. The predicted molar refractivity (Wildman–Crippen MR) is 109 cm³/mol. The van der Waals surface area contributed by atoms with Crippen molar-refractivity contribution in [2.75, 3.05) is 27.9 Å². The molecular formula is C22H28N2O5. The second-order valence-corrected chi connectivity index (χ2v) is 7.18. The summed E-state index contributed by atoms with van der Waals surface area (Å²) in [6.07, 6.45) is 6.03. The van der Waals surface area contributed by atoms with Gasteiger partial charge in [0.15, 0.2) is 11.5 Å². The second-order valence-electron chi connectivity index (χ2n) is 7.18. The third-order valence-corrected chi connectivity index (χ3v) is 5.52. The van der Waals surface area contributed by atoms with Gasteiger partial charge in [-0.05, 0) is 61.2 Å². The Balaban J connectivity index is 2.21. The molecule has 3 rings (SSSR count). The molecule has 29 heavy (non-hydrogen) atoms. The highest BCUT2D eigenvalue weighted by Gasteiger charge is 2.36. The van der Waals surface area contributed by atoms with Gasteiger partial charge in [0.05, 0.1) is 27.4 Å². The van der Waals surface area contributed by atoms with E-state index in [4.69, 9.17) is 14.2 Å². The predicted octanol–water partition coefficient (Wildman–Crippen LogP) is 3.44. The molecule has 0 amide bonds. The molecule has 0 bridgehead atoms. The number of ether oxygens (including phenoxy) is 3. The lowest BCUT2D eigenvalue weighted by atomic mass is 9.90. The zero-order valence-corrected chi connectivity index (χ0v) is 17.3. The average Bonchev–Trinajstić information content (AvgIpc) is 2.74. The number of benzene rings is 1. The summed E-state index contributed by atoms with van der Waals surface area (Å²) < 4.78 is 16.5. The van der Waals surface area contributed by atoms with Crippen LogP contribution in [0.3, 0.4) is 0 Å². The Hall–Kier alpha value is -2.80. The van der Waals surface area contributed by atoms with Crippen LogP contribution in [0.4, 0.5) is 0 Å². The summed E-state index contributed by atoms with van der Waals surface area (Å²) in [4.78, 5) is 18.3. The number of carboxylic acids is 1. The van der Waals surface area contributed by atoms with E-state index in [9.17, 15) is 9.90 Å². The number of carboxylic acid groups (broad SMARTS) is 1. The molecule has 1 saturated heterocycles. The zero-order chi connectivity index (χ0) is 21.0. The Bertz CT molecular complexity index is 845. The number of aryl methyl sites for hydroxylation is 1. The van der Waals surface area contributed by atoms with E-state index in [2.05, 4.69) is 9.88 Å². The van der Waals surface area contributed by atoms with Gasteiger partial charge in [-0.15, -0.1) is 0 Å². The van der Waals surface area contributed by atoms with Crippen molar-refractivity contribution in [1.29, 1.82) is 0 Å². The maximum absolute atomic E-state index is 12.0. The lowest BCUT2D eigenvalue weighted by Crippen LogP contribution is -2.47. The van der Waals surface area contributed by atoms with Crippen molar-refractivity contribution < 1.29 is 24.1 Å². The molecule has 7 nitrogen and oxygen atoms in total. The third kappa shape index (κ3) is 4.15. The number of pyridine rings is 1. The van der Waals surface area contributed by atoms with Gasteiger partial charge in [0.25, 0.3) is 0 Å². The smallest absolute Gasteiger partial charge is 0.320 e. The van der Waals surface area contributed by atoms with E-state index in [-0.39, 0.29) is 6.04 Å². The van der Waals surface area contributed by atoms with Crippen LogP contribution in [0.25, 0.3) is 0 Å². The highest BCUT2D eigenvalue weighted by Crippen LogP contribution is 2.43. The second kappa shape index (κ2) is 9.13. The van der Waals surface area contributed by atoms with Gasteiger partial charge < -0.3 is 19.3 Å². The molecule has 2 heterocycles. The number of rotatable bonds is 7. The number of carbonyl (C=O) groups is 1. The molecule has 156 valence electrons. The van der Waals surface area contributed by atoms with Crippen LogP contribution in [0.2, 0.25) is 0 Å². The van der Waals surface area contributed by atoms with E-state index in [1.807, 2.05) is 25.1 Å². The number of likely N-dealkylation sites (tertiary alicyclic amines) is 1. The number of hydrogen-bond acceptors (Lipinski definition) is 6. The molecule has 2 atom stereocenters. The van der Waals surface area contributed by atoms with Gasteiger partial charge in [-0.1, -0.05) is 6.42 Å². The normalized spacial score (nSPS) is 18.1. The van der Waals surface area contributed by atoms with E-state index in [1.165, 1.54) is 0 Å². The first-order chi connectivity index (χ1) is 14.0. The van der Waals surface area contributed by atoms with Gasteiger partial charge >= 0.3 is 5.97 Å².